The molecule has 0 aromatic carbocycles. The zero-order valence-electron chi connectivity index (χ0n) is 12.1. The van der Waals surface area contributed by atoms with Crippen molar-refractivity contribution in [3.63, 3.8) is 0 Å². The lowest BCUT2D eigenvalue weighted by atomic mass is 10.0. The fourth-order valence-corrected chi connectivity index (χ4v) is 3.24. The Morgan fingerprint density at radius 2 is 2.33 bits per heavy atom. The summed E-state index contributed by atoms with van der Waals surface area (Å²) in [6, 6.07) is 1.19. The zero-order valence-corrected chi connectivity index (χ0v) is 12.9. The summed E-state index contributed by atoms with van der Waals surface area (Å²) in [4.78, 5) is 25.2. The van der Waals surface area contributed by atoms with Crippen LogP contribution in [0.25, 0.3) is 0 Å². The number of carbonyl (C=O) groups is 2. The second-order valence-electron chi connectivity index (χ2n) is 5.06. The third-order valence-corrected chi connectivity index (χ3v) is 4.45. The van der Waals surface area contributed by atoms with E-state index in [1.165, 1.54) is 0 Å². The summed E-state index contributed by atoms with van der Waals surface area (Å²) in [6.07, 6.45) is 0. The lowest BCUT2D eigenvalue weighted by Gasteiger charge is -2.30. The first-order valence-electron chi connectivity index (χ1n) is 6.94. The van der Waals surface area contributed by atoms with E-state index in [0.717, 1.165) is 5.56 Å². The van der Waals surface area contributed by atoms with E-state index in [2.05, 4.69) is 5.32 Å². The number of nitrogens with one attached hydrogen (secondary N) is 1. The lowest BCUT2D eigenvalue weighted by Crippen LogP contribution is -2.50. The minimum absolute atomic E-state index is 0.108. The Hall–Kier alpha value is -1.60. The van der Waals surface area contributed by atoms with Gasteiger partial charge in [0.15, 0.2) is 0 Å². The molecule has 1 saturated heterocycles. The molecule has 0 saturated carbocycles. The van der Waals surface area contributed by atoms with E-state index >= 15 is 0 Å². The SMILES string of the molecule is CCN(C(=O)NC(C)c1ccsc1)C1COCC1C(=O)O. The van der Waals surface area contributed by atoms with Crippen LogP contribution in [-0.2, 0) is 9.53 Å². The summed E-state index contributed by atoms with van der Waals surface area (Å²) in [6.45, 7) is 4.62. The van der Waals surface area contributed by atoms with Crippen molar-refractivity contribution in [1.82, 2.24) is 10.2 Å². The molecule has 3 unspecified atom stereocenters. The van der Waals surface area contributed by atoms with Gasteiger partial charge in [-0.1, -0.05) is 0 Å². The maximum Gasteiger partial charge on any atom is 0.318 e. The highest BCUT2D eigenvalue weighted by Crippen LogP contribution is 2.21. The van der Waals surface area contributed by atoms with Gasteiger partial charge in [0, 0.05) is 6.54 Å². The largest absolute Gasteiger partial charge is 0.481 e. The number of carboxylic acids is 1. The van der Waals surface area contributed by atoms with E-state index in [1.54, 1.807) is 16.2 Å². The van der Waals surface area contributed by atoms with Crippen molar-refractivity contribution in [1.29, 1.82) is 0 Å². The molecule has 2 amide bonds. The van der Waals surface area contributed by atoms with Gasteiger partial charge in [-0.15, -0.1) is 0 Å². The molecule has 1 aliphatic rings. The number of rotatable bonds is 5. The van der Waals surface area contributed by atoms with Crippen LogP contribution in [0.1, 0.15) is 25.5 Å². The molecule has 1 aromatic heterocycles. The summed E-state index contributed by atoms with van der Waals surface area (Å²) in [5.41, 5.74) is 1.04. The monoisotopic (exact) mass is 312 g/mol. The van der Waals surface area contributed by atoms with Gasteiger partial charge in [-0.25, -0.2) is 4.79 Å². The van der Waals surface area contributed by atoms with Crippen molar-refractivity contribution in [3.05, 3.63) is 22.4 Å². The molecule has 1 fully saturated rings. The molecule has 0 radical (unpaired) electrons. The predicted octanol–water partition coefficient (Wildman–Crippen LogP) is 1.94. The predicted molar refractivity (Wildman–Crippen MR) is 79.4 cm³/mol. The Labute approximate surface area is 127 Å². The van der Waals surface area contributed by atoms with Gasteiger partial charge in [0.25, 0.3) is 0 Å². The number of carbonyl (C=O) groups excluding carboxylic acids is 1. The topological polar surface area (TPSA) is 78.9 Å². The van der Waals surface area contributed by atoms with Gasteiger partial charge in [0.2, 0.25) is 0 Å². The zero-order chi connectivity index (χ0) is 15.4. The second kappa shape index (κ2) is 6.91. The minimum Gasteiger partial charge on any atom is -0.481 e. The molecule has 1 aliphatic heterocycles. The molecule has 0 bridgehead atoms. The summed E-state index contributed by atoms with van der Waals surface area (Å²) in [5.74, 6) is -1.58. The number of likely N-dealkylation sites (N-methyl/N-ethyl adjacent to an activating group) is 1. The number of nitrogens with zero attached hydrogens (tertiary/aromatic N) is 1. The molecular weight excluding hydrogens is 292 g/mol. The smallest absolute Gasteiger partial charge is 0.318 e. The summed E-state index contributed by atoms with van der Waals surface area (Å²) < 4.78 is 5.24. The summed E-state index contributed by atoms with van der Waals surface area (Å²) in [7, 11) is 0. The fourth-order valence-electron chi connectivity index (χ4n) is 2.49. The molecule has 2 N–H and O–H groups in total. The quantitative estimate of drug-likeness (QED) is 0.871. The normalized spacial score (nSPS) is 22.8. The summed E-state index contributed by atoms with van der Waals surface area (Å²) >= 11 is 1.58. The Kier molecular flexibility index (Phi) is 5.19. The van der Waals surface area contributed by atoms with Gasteiger partial charge in [-0.3, -0.25) is 4.79 Å². The van der Waals surface area contributed by atoms with Crippen LogP contribution in [0, 0.1) is 5.92 Å². The molecule has 6 nitrogen and oxygen atoms in total. The van der Waals surface area contributed by atoms with Crippen molar-refractivity contribution in [2.24, 2.45) is 5.92 Å². The first kappa shape index (κ1) is 15.8. The highest BCUT2D eigenvalue weighted by molar-refractivity contribution is 7.07. The molecule has 2 heterocycles. The van der Waals surface area contributed by atoms with Crippen LogP contribution in [0.5, 0.6) is 0 Å². The third kappa shape index (κ3) is 3.54. The number of amides is 2. The van der Waals surface area contributed by atoms with Crippen LogP contribution in [0.4, 0.5) is 4.79 Å². The third-order valence-electron chi connectivity index (χ3n) is 3.75. The number of thiophene rings is 1. The van der Waals surface area contributed by atoms with E-state index in [-0.39, 0.29) is 25.3 Å². The highest BCUT2D eigenvalue weighted by atomic mass is 32.1. The van der Waals surface area contributed by atoms with Crippen molar-refractivity contribution >= 4 is 23.3 Å². The van der Waals surface area contributed by atoms with Crippen LogP contribution in [0.15, 0.2) is 16.8 Å². The van der Waals surface area contributed by atoms with Crippen LogP contribution < -0.4 is 5.32 Å². The minimum atomic E-state index is -0.922. The molecular formula is C14H20N2O4S. The second-order valence-corrected chi connectivity index (χ2v) is 5.84. The molecule has 3 atom stereocenters. The number of urea groups is 1. The number of hydrogen-bond acceptors (Lipinski definition) is 4. The standard InChI is InChI=1S/C14H20N2O4S/c1-3-16(12-7-20-6-11(12)13(17)18)14(19)15-9(2)10-4-5-21-8-10/h4-5,8-9,11-12H,3,6-7H2,1-2H3,(H,15,19)(H,17,18). The number of hydrogen-bond donors (Lipinski definition) is 2. The Morgan fingerprint density at radius 1 is 1.57 bits per heavy atom. The van der Waals surface area contributed by atoms with Crippen LogP contribution in [0.2, 0.25) is 0 Å². The van der Waals surface area contributed by atoms with Gasteiger partial charge in [0.05, 0.1) is 25.3 Å². The molecule has 0 spiro atoms. The van der Waals surface area contributed by atoms with Crippen molar-refractivity contribution in [2.75, 3.05) is 19.8 Å². The number of ether oxygens (including phenoxy) is 1. The van der Waals surface area contributed by atoms with Crippen LogP contribution >= 0.6 is 11.3 Å². The lowest BCUT2D eigenvalue weighted by molar-refractivity contribution is -0.142. The highest BCUT2D eigenvalue weighted by Gasteiger charge is 2.39. The Bertz CT molecular complexity index is 491. The van der Waals surface area contributed by atoms with E-state index < -0.39 is 17.9 Å². The van der Waals surface area contributed by atoms with Crippen molar-refractivity contribution in [2.45, 2.75) is 25.9 Å². The van der Waals surface area contributed by atoms with E-state index in [9.17, 15) is 14.7 Å². The van der Waals surface area contributed by atoms with Crippen molar-refractivity contribution in [3.8, 4) is 0 Å². The molecule has 21 heavy (non-hydrogen) atoms. The van der Waals surface area contributed by atoms with Crippen LogP contribution in [-0.4, -0.2) is 47.8 Å². The molecule has 1 aromatic rings. The van der Waals surface area contributed by atoms with E-state index in [0.29, 0.717) is 6.54 Å². The maximum atomic E-state index is 12.4. The van der Waals surface area contributed by atoms with Gasteiger partial charge < -0.3 is 20.1 Å². The first-order chi connectivity index (χ1) is 10.0. The fraction of sp³-hybridized carbons (Fsp3) is 0.571. The van der Waals surface area contributed by atoms with E-state index in [1.807, 2.05) is 30.7 Å². The average molecular weight is 312 g/mol. The molecule has 116 valence electrons. The van der Waals surface area contributed by atoms with Crippen molar-refractivity contribution < 1.29 is 19.4 Å². The van der Waals surface area contributed by atoms with Gasteiger partial charge in [-0.2, -0.15) is 11.3 Å². The van der Waals surface area contributed by atoms with Gasteiger partial charge in [0.1, 0.15) is 5.92 Å². The molecule has 0 aliphatic carbocycles. The average Bonchev–Trinajstić information content (AvgIpc) is 3.10. The Morgan fingerprint density at radius 3 is 2.90 bits per heavy atom. The summed E-state index contributed by atoms with van der Waals surface area (Å²) in [5, 5.41) is 16.1. The Balaban J connectivity index is 2.03. The van der Waals surface area contributed by atoms with Gasteiger partial charge in [-0.05, 0) is 36.2 Å². The molecule has 7 heteroatoms. The number of aliphatic carboxylic acids is 1. The molecule has 2 rings (SSSR count). The van der Waals surface area contributed by atoms with E-state index in [4.69, 9.17) is 4.74 Å². The van der Waals surface area contributed by atoms with Crippen LogP contribution in [0.3, 0.4) is 0 Å². The van der Waals surface area contributed by atoms with Gasteiger partial charge >= 0.3 is 12.0 Å². The first-order valence-corrected chi connectivity index (χ1v) is 7.88. The maximum absolute atomic E-state index is 12.4. The number of carboxylic acid groups (broad SMARTS) is 1.